The molecule has 18 heavy (non-hydrogen) atoms. The van der Waals surface area contributed by atoms with Gasteiger partial charge in [-0.05, 0) is 25.7 Å². The number of amides is 1. The first-order valence-electron chi connectivity index (χ1n) is 6.27. The van der Waals surface area contributed by atoms with E-state index < -0.39 is 0 Å². The van der Waals surface area contributed by atoms with Crippen LogP contribution in [-0.2, 0) is 0 Å². The minimum absolute atomic E-state index is 0.0389. The average Bonchev–Trinajstić information content (AvgIpc) is 2.98. The molecule has 7 heteroatoms. The number of rotatable bonds is 2. The Kier molecular flexibility index (Phi) is 2.99. The van der Waals surface area contributed by atoms with Gasteiger partial charge in [-0.1, -0.05) is 18.3 Å². The lowest BCUT2D eigenvalue weighted by atomic mass is 10.00. The summed E-state index contributed by atoms with van der Waals surface area (Å²) in [4.78, 5) is 15.1. The summed E-state index contributed by atoms with van der Waals surface area (Å²) < 4.78 is 1.56. The van der Waals surface area contributed by atoms with E-state index in [1.807, 2.05) is 4.90 Å². The molecule has 2 aromatic heterocycles. The molecule has 2 aromatic rings. The fourth-order valence-corrected chi connectivity index (χ4v) is 3.24. The van der Waals surface area contributed by atoms with Gasteiger partial charge in [-0.3, -0.25) is 4.79 Å². The topological polar surface area (TPSA) is 63.4 Å². The van der Waals surface area contributed by atoms with Gasteiger partial charge in [-0.2, -0.15) is 4.52 Å². The van der Waals surface area contributed by atoms with Gasteiger partial charge in [0, 0.05) is 12.6 Å². The van der Waals surface area contributed by atoms with Crippen molar-refractivity contribution in [3.8, 4) is 0 Å². The summed E-state index contributed by atoms with van der Waals surface area (Å²) in [6.07, 6.45) is 5.94. The van der Waals surface area contributed by atoms with Crippen molar-refractivity contribution in [3.05, 3.63) is 11.3 Å². The molecule has 1 fully saturated rings. The molecule has 3 rings (SSSR count). The SMILES string of the molecule is CCC1CCCCN1C(=O)c1nn2cnnc2s1. The van der Waals surface area contributed by atoms with Crippen LogP contribution in [-0.4, -0.2) is 43.2 Å². The number of carbonyl (C=O) groups excluding carboxylic acids is 1. The third-order valence-corrected chi connectivity index (χ3v) is 4.33. The molecule has 0 radical (unpaired) electrons. The lowest BCUT2D eigenvalue weighted by Crippen LogP contribution is -2.43. The molecule has 0 spiro atoms. The van der Waals surface area contributed by atoms with Crippen LogP contribution in [0.1, 0.15) is 42.4 Å². The van der Waals surface area contributed by atoms with E-state index in [2.05, 4.69) is 22.2 Å². The van der Waals surface area contributed by atoms with Gasteiger partial charge in [-0.25, -0.2) is 0 Å². The second-order valence-electron chi connectivity index (χ2n) is 4.52. The first-order valence-corrected chi connectivity index (χ1v) is 7.09. The van der Waals surface area contributed by atoms with Crippen molar-refractivity contribution >= 4 is 22.2 Å². The van der Waals surface area contributed by atoms with Crippen molar-refractivity contribution in [2.45, 2.75) is 38.6 Å². The molecule has 6 nitrogen and oxygen atoms in total. The van der Waals surface area contributed by atoms with Crippen molar-refractivity contribution in [2.75, 3.05) is 6.54 Å². The smallest absolute Gasteiger partial charge is 0.285 e. The van der Waals surface area contributed by atoms with Crippen LogP contribution in [0.5, 0.6) is 0 Å². The summed E-state index contributed by atoms with van der Waals surface area (Å²) in [6, 6.07) is 0.362. The average molecular weight is 265 g/mol. The zero-order valence-corrected chi connectivity index (χ0v) is 11.1. The van der Waals surface area contributed by atoms with Gasteiger partial charge < -0.3 is 4.90 Å². The van der Waals surface area contributed by atoms with Crippen molar-refractivity contribution < 1.29 is 4.79 Å². The van der Waals surface area contributed by atoms with Crippen LogP contribution >= 0.6 is 11.3 Å². The molecule has 96 valence electrons. The van der Waals surface area contributed by atoms with Crippen LogP contribution in [0.25, 0.3) is 4.96 Å². The molecule has 1 amide bonds. The number of hydrogen-bond acceptors (Lipinski definition) is 5. The van der Waals surface area contributed by atoms with E-state index in [0.29, 0.717) is 16.0 Å². The largest absolute Gasteiger partial charge is 0.334 e. The van der Waals surface area contributed by atoms with Crippen LogP contribution in [0.3, 0.4) is 0 Å². The van der Waals surface area contributed by atoms with Crippen molar-refractivity contribution in [3.63, 3.8) is 0 Å². The van der Waals surface area contributed by atoms with Gasteiger partial charge in [0.1, 0.15) is 6.33 Å². The number of aromatic nitrogens is 4. The lowest BCUT2D eigenvalue weighted by molar-refractivity contribution is 0.0606. The van der Waals surface area contributed by atoms with Gasteiger partial charge in [0.15, 0.2) is 0 Å². The number of piperidine rings is 1. The summed E-state index contributed by atoms with van der Waals surface area (Å²) >= 11 is 1.31. The molecule has 1 aliphatic heterocycles. The zero-order valence-electron chi connectivity index (χ0n) is 10.2. The molecular weight excluding hydrogens is 250 g/mol. The van der Waals surface area contributed by atoms with E-state index in [0.717, 1.165) is 25.8 Å². The van der Waals surface area contributed by atoms with Crippen LogP contribution < -0.4 is 0 Å². The number of fused-ring (bicyclic) bond motifs is 1. The van der Waals surface area contributed by atoms with Crippen molar-refractivity contribution in [2.24, 2.45) is 0 Å². The summed E-state index contributed by atoms with van der Waals surface area (Å²) in [6.45, 7) is 2.98. The third kappa shape index (κ3) is 1.88. The van der Waals surface area contributed by atoms with Gasteiger partial charge in [0.05, 0.1) is 0 Å². The molecule has 0 aliphatic carbocycles. The van der Waals surface area contributed by atoms with Gasteiger partial charge in [0.2, 0.25) is 9.97 Å². The molecule has 1 atom stereocenters. The van der Waals surface area contributed by atoms with Crippen molar-refractivity contribution in [1.29, 1.82) is 0 Å². The van der Waals surface area contributed by atoms with E-state index in [4.69, 9.17) is 0 Å². The van der Waals surface area contributed by atoms with E-state index >= 15 is 0 Å². The monoisotopic (exact) mass is 265 g/mol. The van der Waals surface area contributed by atoms with Gasteiger partial charge in [-0.15, -0.1) is 15.3 Å². The second-order valence-corrected chi connectivity index (χ2v) is 5.48. The molecule has 3 heterocycles. The number of likely N-dealkylation sites (tertiary alicyclic amines) is 1. The van der Waals surface area contributed by atoms with Crippen LogP contribution in [0.4, 0.5) is 0 Å². The molecule has 1 unspecified atom stereocenters. The number of carbonyl (C=O) groups is 1. The Balaban J connectivity index is 1.86. The third-order valence-electron chi connectivity index (χ3n) is 3.43. The minimum Gasteiger partial charge on any atom is -0.334 e. The fraction of sp³-hybridized carbons (Fsp3) is 0.636. The predicted octanol–water partition coefficient (Wildman–Crippen LogP) is 1.59. The van der Waals surface area contributed by atoms with E-state index in [9.17, 15) is 4.79 Å². The van der Waals surface area contributed by atoms with Crippen LogP contribution in [0, 0.1) is 0 Å². The molecule has 1 aliphatic rings. The fourth-order valence-electron chi connectivity index (χ4n) is 2.46. The number of nitrogens with zero attached hydrogens (tertiary/aromatic N) is 5. The summed E-state index contributed by atoms with van der Waals surface area (Å²) in [7, 11) is 0. The highest BCUT2D eigenvalue weighted by Gasteiger charge is 2.28. The van der Waals surface area contributed by atoms with E-state index in [1.54, 1.807) is 4.52 Å². The normalized spacial score (nSPS) is 20.5. The standard InChI is InChI=1S/C11H15N5OS/c1-2-8-5-3-4-6-15(8)10(17)9-14-16-7-12-13-11(16)18-9/h7-8H,2-6H2,1H3. The predicted molar refractivity (Wildman–Crippen MR) is 67.6 cm³/mol. The van der Waals surface area contributed by atoms with Crippen molar-refractivity contribution in [1.82, 2.24) is 24.7 Å². The Hall–Kier alpha value is -1.50. The van der Waals surface area contributed by atoms with Crippen LogP contribution in [0.2, 0.25) is 0 Å². The highest BCUT2D eigenvalue weighted by molar-refractivity contribution is 7.18. The zero-order chi connectivity index (χ0) is 12.5. The maximum absolute atomic E-state index is 12.4. The first-order chi connectivity index (χ1) is 8.79. The molecule has 0 bridgehead atoms. The number of hydrogen-bond donors (Lipinski definition) is 0. The molecule has 0 aromatic carbocycles. The van der Waals surface area contributed by atoms with E-state index in [-0.39, 0.29) is 5.91 Å². The molecular formula is C11H15N5OS. The maximum atomic E-state index is 12.4. The van der Waals surface area contributed by atoms with E-state index in [1.165, 1.54) is 24.1 Å². The molecule has 1 saturated heterocycles. The quantitative estimate of drug-likeness (QED) is 0.827. The van der Waals surface area contributed by atoms with Gasteiger partial charge >= 0.3 is 0 Å². The second kappa shape index (κ2) is 4.64. The van der Waals surface area contributed by atoms with Gasteiger partial charge in [0.25, 0.3) is 5.91 Å². The lowest BCUT2D eigenvalue weighted by Gasteiger charge is -2.34. The Morgan fingerprint density at radius 3 is 3.22 bits per heavy atom. The first kappa shape index (κ1) is 11.6. The summed E-state index contributed by atoms with van der Waals surface area (Å²) in [5.41, 5.74) is 0. The summed E-state index contributed by atoms with van der Waals surface area (Å²) in [5, 5.41) is 12.4. The Morgan fingerprint density at radius 2 is 2.44 bits per heavy atom. The highest BCUT2D eigenvalue weighted by Crippen LogP contribution is 2.23. The molecule has 0 N–H and O–H groups in total. The Labute approximate surface area is 109 Å². The highest BCUT2D eigenvalue weighted by atomic mass is 32.1. The Bertz CT molecular complexity index is 534. The maximum Gasteiger partial charge on any atom is 0.285 e. The molecule has 0 saturated carbocycles. The minimum atomic E-state index is 0.0389. The summed E-state index contributed by atoms with van der Waals surface area (Å²) in [5.74, 6) is 0.0389. The van der Waals surface area contributed by atoms with Crippen LogP contribution in [0.15, 0.2) is 6.33 Å². The Morgan fingerprint density at radius 1 is 1.56 bits per heavy atom.